The molecule has 116 valence electrons. The fourth-order valence-corrected chi connectivity index (χ4v) is 3.74. The molecule has 0 amide bonds. The van der Waals surface area contributed by atoms with Gasteiger partial charge in [0.05, 0.1) is 13.1 Å². The van der Waals surface area contributed by atoms with Gasteiger partial charge in [-0.15, -0.1) is 0 Å². The predicted molar refractivity (Wildman–Crippen MR) is 92.8 cm³/mol. The van der Waals surface area contributed by atoms with Gasteiger partial charge in [0, 0.05) is 10.0 Å². The van der Waals surface area contributed by atoms with Gasteiger partial charge in [-0.3, -0.25) is 0 Å². The van der Waals surface area contributed by atoms with Crippen molar-refractivity contribution >= 4 is 15.9 Å². The SMILES string of the molecule is OC(c1ccc(Br)cc1)C(c1ccccc1)[NH+]1CCCCC1. The summed E-state index contributed by atoms with van der Waals surface area (Å²) in [4.78, 5) is 1.51. The molecule has 0 aromatic heterocycles. The number of piperidine rings is 1. The van der Waals surface area contributed by atoms with Crippen LogP contribution in [0.5, 0.6) is 0 Å². The lowest BCUT2D eigenvalue weighted by atomic mass is 9.93. The Labute approximate surface area is 140 Å². The zero-order chi connectivity index (χ0) is 15.4. The van der Waals surface area contributed by atoms with E-state index >= 15 is 0 Å². The van der Waals surface area contributed by atoms with Gasteiger partial charge in [-0.1, -0.05) is 58.4 Å². The van der Waals surface area contributed by atoms with Gasteiger partial charge in [-0.05, 0) is 37.0 Å². The number of likely N-dealkylation sites (tertiary alicyclic amines) is 1. The Morgan fingerprint density at radius 3 is 2.09 bits per heavy atom. The van der Waals surface area contributed by atoms with Crippen molar-refractivity contribution in [2.24, 2.45) is 0 Å². The third-order valence-electron chi connectivity index (χ3n) is 4.62. The number of rotatable bonds is 4. The minimum Gasteiger partial charge on any atom is -0.382 e. The van der Waals surface area contributed by atoms with Crippen LogP contribution in [0, 0.1) is 0 Å². The summed E-state index contributed by atoms with van der Waals surface area (Å²) in [5.41, 5.74) is 2.23. The molecule has 0 bridgehead atoms. The molecule has 1 saturated heterocycles. The smallest absolute Gasteiger partial charge is 0.144 e. The average molecular weight is 361 g/mol. The highest BCUT2D eigenvalue weighted by Crippen LogP contribution is 2.28. The molecule has 0 spiro atoms. The first-order valence-corrected chi connectivity index (χ1v) is 8.88. The molecular formula is C19H23BrNO+. The third-order valence-corrected chi connectivity index (χ3v) is 5.15. The number of benzene rings is 2. The maximum Gasteiger partial charge on any atom is 0.144 e. The molecule has 0 saturated carbocycles. The molecule has 2 N–H and O–H groups in total. The van der Waals surface area contributed by atoms with Gasteiger partial charge in [0.15, 0.2) is 0 Å². The molecule has 22 heavy (non-hydrogen) atoms. The van der Waals surface area contributed by atoms with Crippen LogP contribution in [0.3, 0.4) is 0 Å². The van der Waals surface area contributed by atoms with E-state index in [1.54, 1.807) is 0 Å². The van der Waals surface area contributed by atoms with Crippen LogP contribution < -0.4 is 4.90 Å². The molecular weight excluding hydrogens is 338 g/mol. The maximum absolute atomic E-state index is 11.0. The van der Waals surface area contributed by atoms with Crippen molar-refractivity contribution in [2.45, 2.75) is 31.4 Å². The zero-order valence-corrected chi connectivity index (χ0v) is 14.3. The van der Waals surface area contributed by atoms with Gasteiger partial charge in [0.1, 0.15) is 12.1 Å². The van der Waals surface area contributed by atoms with Gasteiger partial charge >= 0.3 is 0 Å². The molecule has 1 fully saturated rings. The summed E-state index contributed by atoms with van der Waals surface area (Å²) in [7, 11) is 0. The fourth-order valence-electron chi connectivity index (χ4n) is 3.47. The van der Waals surface area contributed by atoms with Crippen LogP contribution in [0.2, 0.25) is 0 Å². The number of hydrogen-bond acceptors (Lipinski definition) is 1. The van der Waals surface area contributed by atoms with Gasteiger partial charge in [-0.25, -0.2) is 0 Å². The first-order valence-electron chi connectivity index (χ1n) is 8.09. The molecule has 2 aromatic rings. The maximum atomic E-state index is 11.0. The Hall–Kier alpha value is -1.16. The Bertz CT molecular complexity index is 578. The van der Waals surface area contributed by atoms with Gasteiger partial charge in [-0.2, -0.15) is 0 Å². The lowest BCUT2D eigenvalue weighted by molar-refractivity contribution is -0.941. The normalized spacial score (nSPS) is 18.8. The summed E-state index contributed by atoms with van der Waals surface area (Å²) in [6.45, 7) is 2.29. The largest absolute Gasteiger partial charge is 0.382 e. The molecule has 2 aromatic carbocycles. The molecule has 3 rings (SSSR count). The van der Waals surface area contributed by atoms with Crippen molar-refractivity contribution in [3.63, 3.8) is 0 Å². The minimum atomic E-state index is -0.469. The van der Waals surface area contributed by atoms with Crippen molar-refractivity contribution in [2.75, 3.05) is 13.1 Å². The number of quaternary nitrogens is 1. The van der Waals surface area contributed by atoms with E-state index in [0.717, 1.165) is 23.1 Å². The number of aliphatic hydroxyl groups is 1. The summed E-state index contributed by atoms with van der Waals surface area (Å²) in [6.07, 6.45) is 3.36. The number of aliphatic hydroxyl groups excluding tert-OH is 1. The van der Waals surface area contributed by atoms with Crippen LogP contribution in [0.1, 0.15) is 42.5 Å². The van der Waals surface area contributed by atoms with E-state index in [1.165, 1.54) is 29.7 Å². The molecule has 1 aliphatic rings. The molecule has 2 atom stereocenters. The van der Waals surface area contributed by atoms with Crippen LogP contribution in [0.25, 0.3) is 0 Å². The van der Waals surface area contributed by atoms with E-state index in [9.17, 15) is 5.11 Å². The van der Waals surface area contributed by atoms with Crippen LogP contribution in [0.15, 0.2) is 59.1 Å². The standard InChI is InChI=1S/C19H22BrNO/c20-17-11-9-16(10-12-17)19(22)18(15-7-3-1-4-8-15)21-13-5-2-6-14-21/h1,3-4,7-12,18-19,22H,2,5-6,13-14H2/p+1. The first-order chi connectivity index (χ1) is 10.8. The van der Waals surface area contributed by atoms with Crippen molar-refractivity contribution in [3.05, 3.63) is 70.2 Å². The molecule has 0 aliphatic carbocycles. The van der Waals surface area contributed by atoms with Crippen molar-refractivity contribution in [1.82, 2.24) is 0 Å². The van der Waals surface area contributed by atoms with Gasteiger partial charge < -0.3 is 10.0 Å². The summed E-state index contributed by atoms with van der Waals surface area (Å²) in [5.74, 6) is 0. The van der Waals surface area contributed by atoms with E-state index in [1.807, 2.05) is 30.3 Å². The highest BCUT2D eigenvalue weighted by molar-refractivity contribution is 9.10. The molecule has 2 unspecified atom stereocenters. The molecule has 1 aliphatic heterocycles. The summed E-state index contributed by atoms with van der Waals surface area (Å²) < 4.78 is 1.05. The second-order valence-electron chi connectivity index (χ2n) is 6.10. The van der Waals surface area contributed by atoms with Crippen LogP contribution in [-0.4, -0.2) is 18.2 Å². The van der Waals surface area contributed by atoms with E-state index in [-0.39, 0.29) is 6.04 Å². The van der Waals surface area contributed by atoms with Crippen LogP contribution >= 0.6 is 15.9 Å². The Morgan fingerprint density at radius 2 is 1.45 bits per heavy atom. The lowest BCUT2D eigenvalue weighted by Crippen LogP contribution is -3.13. The zero-order valence-electron chi connectivity index (χ0n) is 12.7. The number of halogens is 1. The van der Waals surface area contributed by atoms with E-state index in [4.69, 9.17) is 0 Å². The van der Waals surface area contributed by atoms with Gasteiger partial charge in [0.25, 0.3) is 0 Å². The van der Waals surface area contributed by atoms with Crippen molar-refractivity contribution in [1.29, 1.82) is 0 Å². The highest BCUT2D eigenvalue weighted by atomic mass is 79.9. The minimum absolute atomic E-state index is 0.114. The average Bonchev–Trinajstić information content (AvgIpc) is 2.57. The lowest BCUT2D eigenvalue weighted by Gasteiger charge is -2.34. The van der Waals surface area contributed by atoms with Crippen LogP contribution in [0.4, 0.5) is 0 Å². The van der Waals surface area contributed by atoms with Gasteiger partial charge in [0.2, 0.25) is 0 Å². The first kappa shape index (κ1) is 15.7. The quantitative estimate of drug-likeness (QED) is 0.858. The monoisotopic (exact) mass is 360 g/mol. The summed E-state index contributed by atoms with van der Waals surface area (Å²) in [5, 5.41) is 11.0. The topological polar surface area (TPSA) is 24.7 Å². The molecule has 3 heteroatoms. The Balaban J connectivity index is 1.91. The van der Waals surface area contributed by atoms with E-state index in [0.29, 0.717) is 0 Å². The van der Waals surface area contributed by atoms with Crippen molar-refractivity contribution < 1.29 is 10.0 Å². The predicted octanol–water partition coefficient (Wildman–Crippen LogP) is 3.29. The molecule has 2 nitrogen and oxygen atoms in total. The third kappa shape index (κ3) is 3.60. The summed E-state index contributed by atoms with van der Waals surface area (Å²) in [6, 6.07) is 18.6. The Morgan fingerprint density at radius 1 is 0.818 bits per heavy atom. The van der Waals surface area contributed by atoms with Crippen molar-refractivity contribution in [3.8, 4) is 0 Å². The highest BCUT2D eigenvalue weighted by Gasteiger charge is 2.33. The van der Waals surface area contributed by atoms with E-state index in [2.05, 4.69) is 40.2 Å². The van der Waals surface area contributed by atoms with E-state index < -0.39 is 6.10 Å². The number of hydrogen-bond donors (Lipinski definition) is 2. The Kier molecular flexibility index (Phi) is 5.29. The van der Waals surface area contributed by atoms with Crippen LogP contribution in [-0.2, 0) is 0 Å². The fraction of sp³-hybridized carbons (Fsp3) is 0.368. The molecule has 1 heterocycles. The summed E-state index contributed by atoms with van der Waals surface area (Å²) >= 11 is 3.47. The number of nitrogens with one attached hydrogen (secondary N) is 1. The second-order valence-corrected chi connectivity index (χ2v) is 7.02. The molecule has 0 radical (unpaired) electrons. The second kappa shape index (κ2) is 7.40.